The van der Waals surface area contributed by atoms with Gasteiger partial charge in [0.2, 0.25) is 5.91 Å². The molecule has 1 aliphatic rings. The number of aromatic nitrogens is 1. The highest BCUT2D eigenvalue weighted by Crippen LogP contribution is 2.31. The molecule has 0 aliphatic carbocycles. The number of amides is 1. The Morgan fingerprint density at radius 1 is 1.28 bits per heavy atom. The number of guanidine groups is 1. The minimum Gasteiger partial charge on any atom is -0.356 e. The fraction of sp³-hybridized carbons (Fsp3) is 0.316. The van der Waals surface area contributed by atoms with Gasteiger partial charge in [-0.25, -0.2) is 0 Å². The van der Waals surface area contributed by atoms with Crippen LogP contribution in [0.3, 0.4) is 0 Å². The average molecular weight is 337 g/mol. The van der Waals surface area contributed by atoms with Crippen molar-refractivity contribution >= 4 is 17.6 Å². The van der Waals surface area contributed by atoms with E-state index in [1.54, 1.807) is 13.2 Å². The van der Waals surface area contributed by atoms with Crippen molar-refractivity contribution in [3.63, 3.8) is 0 Å². The number of hydrogen-bond donors (Lipinski definition) is 3. The van der Waals surface area contributed by atoms with E-state index in [9.17, 15) is 4.79 Å². The zero-order valence-corrected chi connectivity index (χ0v) is 14.3. The van der Waals surface area contributed by atoms with Gasteiger partial charge in [-0.1, -0.05) is 24.3 Å². The standard InChI is InChI=1S/C19H23N5O/c1-20-19(22-10-8-14-5-4-9-21-12-14)23-13-15-11-18(25)24-17-7-3-2-6-16(15)17/h2-7,9,12,15H,8,10-11,13H2,1H3,(H,24,25)(H2,20,22,23). The number of rotatable bonds is 5. The van der Waals surface area contributed by atoms with Crippen molar-refractivity contribution in [2.45, 2.75) is 18.8 Å². The summed E-state index contributed by atoms with van der Waals surface area (Å²) in [4.78, 5) is 20.3. The van der Waals surface area contributed by atoms with Crippen molar-refractivity contribution in [3.05, 3.63) is 59.9 Å². The van der Waals surface area contributed by atoms with Gasteiger partial charge in [0.15, 0.2) is 5.96 Å². The minimum atomic E-state index is 0.0602. The molecule has 1 aromatic heterocycles. The van der Waals surface area contributed by atoms with Gasteiger partial charge in [-0.15, -0.1) is 0 Å². The molecule has 1 atom stereocenters. The van der Waals surface area contributed by atoms with Gasteiger partial charge in [-0.05, 0) is 29.7 Å². The van der Waals surface area contributed by atoms with Crippen LogP contribution in [0.2, 0.25) is 0 Å². The van der Waals surface area contributed by atoms with Gasteiger partial charge in [0.25, 0.3) is 0 Å². The Kier molecular flexibility index (Phi) is 5.61. The van der Waals surface area contributed by atoms with E-state index in [0.29, 0.717) is 13.0 Å². The largest absolute Gasteiger partial charge is 0.356 e. The molecular formula is C19H23N5O. The molecule has 6 nitrogen and oxygen atoms in total. The molecule has 2 aromatic rings. The maximum absolute atomic E-state index is 11.9. The fourth-order valence-corrected chi connectivity index (χ4v) is 3.00. The molecule has 3 N–H and O–H groups in total. The van der Waals surface area contributed by atoms with Crippen LogP contribution in [-0.4, -0.2) is 37.0 Å². The SMILES string of the molecule is CN=C(NCCc1cccnc1)NCC1CC(=O)Nc2ccccc21. The molecule has 1 aliphatic heterocycles. The molecule has 25 heavy (non-hydrogen) atoms. The lowest BCUT2D eigenvalue weighted by Gasteiger charge is -2.26. The van der Waals surface area contributed by atoms with Crippen LogP contribution in [0.25, 0.3) is 0 Å². The topological polar surface area (TPSA) is 78.4 Å². The predicted molar refractivity (Wildman–Crippen MR) is 99.7 cm³/mol. The van der Waals surface area contributed by atoms with Crippen molar-refractivity contribution in [3.8, 4) is 0 Å². The molecule has 1 amide bonds. The van der Waals surface area contributed by atoms with Crippen LogP contribution in [-0.2, 0) is 11.2 Å². The number of nitrogens with one attached hydrogen (secondary N) is 3. The lowest BCUT2D eigenvalue weighted by molar-refractivity contribution is -0.116. The molecule has 0 fully saturated rings. The summed E-state index contributed by atoms with van der Waals surface area (Å²) in [7, 11) is 1.75. The molecule has 2 heterocycles. The Labute approximate surface area is 147 Å². The number of benzene rings is 1. The quantitative estimate of drug-likeness (QED) is 0.575. The summed E-state index contributed by atoms with van der Waals surface area (Å²) in [5.74, 6) is 0.944. The second kappa shape index (κ2) is 8.28. The van der Waals surface area contributed by atoms with E-state index in [-0.39, 0.29) is 11.8 Å². The third kappa shape index (κ3) is 4.56. The van der Waals surface area contributed by atoms with Crippen LogP contribution >= 0.6 is 0 Å². The highest BCUT2D eigenvalue weighted by molar-refractivity contribution is 5.94. The second-order valence-electron chi connectivity index (χ2n) is 6.03. The summed E-state index contributed by atoms with van der Waals surface area (Å²) in [6, 6.07) is 12.0. The number of nitrogens with zero attached hydrogens (tertiary/aromatic N) is 2. The van der Waals surface area contributed by atoms with Gasteiger partial charge >= 0.3 is 0 Å². The zero-order chi connectivity index (χ0) is 17.5. The summed E-state index contributed by atoms with van der Waals surface area (Å²) in [6.07, 6.45) is 5.00. The minimum absolute atomic E-state index is 0.0602. The maximum atomic E-state index is 11.9. The summed E-state index contributed by atoms with van der Waals surface area (Å²) < 4.78 is 0. The Bertz CT molecular complexity index is 744. The first kappa shape index (κ1) is 17.0. The van der Waals surface area contributed by atoms with Gasteiger partial charge in [-0.3, -0.25) is 14.8 Å². The molecule has 3 rings (SSSR count). The van der Waals surface area contributed by atoms with Crippen LogP contribution in [0, 0.1) is 0 Å². The van der Waals surface area contributed by atoms with E-state index in [1.165, 1.54) is 11.1 Å². The van der Waals surface area contributed by atoms with Gasteiger partial charge in [0, 0.05) is 50.6 Å². The van der Waals surface area contributed by atoms with Gasteiger partial charge in [-0.2, -0.15) is 0 Å². The van der Waals surface area contributed by atoms with E-state index in [4.69, 9.17) is 0 Å². The first-order chi connectivity index (χ1) is 12.3. The second-order valence-corrected chi connectivity index (χ2v) is 6.03. The number of carbonyl (C=O) groups excluding carboxylic acids is 1. The molecule has 0 saturated carbocycles. The maximum Gasteiger partial charge on any atom is 0.225 e. The Morgan fingerprint density at radius 2 is 2.16 bits per heavy atom. The number of pyridine rings is 1. The van der Waals surface area contributed by atoms with Gasteiger partial charge in [0.05, 0.1) is 0 Å². The van der Waals surface area contributed by atoms with E-state index < -0.39 is 0 Å². The number of carbonyl (C=O) groups is 1. The molecule has 0 bridgehead atoms. The Hall–Kier alpha value is -2.89. The van der Waals surface area contributed by atoms with Crippen LogP contribution in [0.4, 0.5) is 5.69 Å². The summed E-state index contributed by atoms with van der Waals surface area (Å²) in [6.45, 7) is 1.43. The number of anilines is 1. The molecule has 0 spiro atoms. The summed E-state index contributed by atoms with van der Waals surface area (Å²) in [5, 5.41) is 9.56. The lowest BCUT2D eigenvalue weighted by Crippen LogP contribution is -2.41. The summed E-state index contributed by atoms with van der Waals surface area (Å²) >= 11 is 0. The molecule has 1 unspecified atom stereocenters. The predicted octanol–water partition coefficient (Wildman–Crippen LogP) is 1.92. The van der Waals surface area contributed by atoms with Gasteiger partial charge in [0.1, 0.15) is 0 Å². The van der Waals surface area contributed by atoms with Gasteiger partial charge < -0.3 is 16.0 Å². The Balaban J connectivity index is 1.52. The third-order valence-electron chi connectivity index (χ3n) is 4.27. The first-order valence-electron chi connectivity index (χ1n) is 8.48. The molecule has 130 valence electrons. The van der Waals surface area contributed by atoms with Crippen LogP contribution in [0.15, 0.2) is 53.8 Å². The third-order valence-corrected chi connectivity index (χ3v) is 4.27. The number of aliphatic imine (C=N–C) groups is 1. The molecular weight excluding hydrogens is 314 g/mol. The lowest BCUT2D eigenvalue weighted by atomic mass is 9.90. The fourth-order valence-electron chi connectivity index (χ4n) is 3.00. The van der Waals surface area contributed by atoms with Crippen molar-refractivity contribution in [1.82, 2.24) is 15.6 Å². The van der Waals surface area contributed by atoms with E-state index >= 15 is 0 Å². The van der Waals surface area contributed by atoms with Crippen molar-refractivity contribution in [2.24, 2.45) is 4.99 Å². The number of para-hydroxylation sites is 1. The first-order valence-corrected chi connectivity index (χ1v) is 8.48. The normalized spacial score (nSPS) is 16.8. The van der Waals surface area contributed by atoms with Crippen LogP contribution < -0.4 is 16.0 Å². The van der Waals surface area contributed by atoms with Crippen LogP contribution in [0.5, 0.6) is 0 Å². The van der Waals surface area contributed by atoms with Crippen LogP contribution in [0.1, 0.15) is 23.5 Å². The molecule has 1 aromatic carbocycles. The molecule has 6 heteroatoms. The Morgan fingerprint density at radius 3 is 2.96 bits per heavy atom. The average Bonchev–Trinajstić information content (AvgIpc) is 2.65. The molecule has 0 radical (unpaired) electrons. The zero-order valence-electron chi connectivity index (χ0n) is 14.3. The number of hydrogen-bond acceptors (Lipinski definition) is 3. The van der Waals surface area contributed by atoms with Crippen molar-refractivity contribution < 1.29 is 4.79 Å². The summed E-state index contributed by atoms with van der Waals surface area (Å²) in [5.41, 5.74) is 3.26. The number of fused-ring (bicyclic) bond motifs is 1. The van der Waals surface area contributed by atoms with Crippen molar-refractivity contribution in [2.75, 3.05) is 25.5 Å². The highest BCUT2D eigenvalue weighted by atomic mass is 16.1. The van der Waals surface area contributed by atoms with E-state index in [2.05, 4.69) is 38.1 Å². The monoisotopic (exact) mass is 337 g/mol. The highest BCUT2D eigenvalue weighted by Gasteiger charge is 2.24. The van der Waals surface area contributed by atoms with E-state index in [1.807, 2.05) is 30.5 Å². The smallest absolute Gasteiger partial charge is 0.225 e. The molecule has 0 saturated heterocycles. The van der Waals surface area contributed by atoms with Crippen molar-refractivity contribution in [1.29, 1.82) is 0 Å². The van der Waals surface area contributed by atoms with E-state index in [0.717, 1.165) is 24.6 Å².